The maximum atomic E-state index is 6.12. The zero-order chi connectivity index (χ0) is 12.5. The second-order valence-corrected chi connectivity index (χ2v) is 4.10. The summed E-state index contributed by atoms with van der Waals surface area (Å²) in [7, 11) is 1.91. The molecule has 0 radical (unpaired) electrons. The molecule has 0 spiro atoms. The lowest BCUT2D eigenvalue weighted by Crippen LogP contribution is -2.06. The van der Waals surface area contributed by atoms with E-state index in [4.69, 9.17) is 21.1 Å². The molecule has 96 valence electrons. The summed E-state index contributed by atoms with van der Waals surface area (Å²) >= 11 is 6.12. The number of hydrogen-bond donors (Lipinski definition) is 1. The van der Waals surface area contributed by atoms with Crippen molar-refractivity contribution in [1.82, 2.24) is 5.32 Å². The van der Waals surface area contributed by atoms with Crippen LogP contribution in [0.1, 0.15) is 18.9 Å². The molecule has 0 aliphatic carbocycles. The van der Waals surface area contributed by atoms with E-state index >= 15 is 0 Å². The number of rotatable bonds is 8. The van der Waals surface area contributed by atoms with E-state index in [-0.39, 0.29) is 0 Å². The van der Waals surface area contributed by atoms with Crippen molar-refractivity contribution in [3.8, 4) is 5.75 Å². The Morgan fingerprint density at radius 1 is 1.29 bits per heavy atom. The van der Waals surface area contributed by atoms with E-state index < -0.39 is 0 Å². The Balaban J connectivity index is 2.38. The standard InChI is InChI=1S/C13H20ClNO2/c1-3-16-7-4-8-17-13-6-5-11(10-15-2)9-12(13)14/h5-6,9,15H,3-4,7-8,10H2,1-2H3. The molecule has 0 aliphatic heterocycles. The first kappa shape index (κ1) is 14.3. The Bertz CT molecular complexity index is 331. The summed E-state index contributed by atoms with van der Waals surface area (Å²) in [5.41, 5.74) is 1.15. The first-order valence-electron chi connectivity index (χ1n) is 5.91. The van der Waals surface area contributed by atoms with Gasteiger partial charge in [-0.1, -0.05) is 17.7 Å². The van der Waals surface area contributed by atoms with Crippen LogP contribution in [0.25, 0.3) is 0 Å². The van der Waals surface area contributed by atoms with E-state index in [1.807, 2.05) is 32.2 Å². The van der Waals surface area contributed by atoms with Crippen LogP contribution in [-0.2, 0) is 11.3 Å². The van der Waals surface area contributed by atoms with Gasteiger partial charge in [0.05, 0.1) is 11.6 Å². The van der Waals surface area contributed by atoms with Crippen molar-refractivity contribution in [2.24, 2.45) is 0 Å². The molecular weight excluding hydrogens is 238 g/mol. The minimum Gasteiger partial charge on any atom is -0.492 e. The van der Waals surface area contributed by atoms with Crippen LogP contribution in [0.5, 0.6) is 5.75 Å². The fourth-order valence-corrected chi connectivity index (χ4v) is 1.72. The van der Waals surface area contributed by atoms with Crippen molar-refractivity contribution in [3.05, 3.63) is 28.8 Å². The highest BCUT2D eigenvalue weighted by molar-refractivity contribution is 6.32. The van der Waals surface area contributed by atoms with Crippen LogP contribution in [0, 0.1) is 0 Å². The Labute approximate surface area is 108 Å². The normalized spacial score (nSPS) is 10.5. The predicted molar refractivity (Wildman–Crippen MR) is 70.8 cm³/mol. The van der Waals surface area contributed by atoms with Gasteiger partial charge < -0.3 is 14.8 Å². The fourth-order valence-electron chi connectivity index (χ4n) is 1.46. The summed E-state index contributed by atoms with van der Waals surface area (Å²) in [6.45, 7) is 4.90. The first-order chi connectivity index (χ1) is 8.27. The van der Waals surface area contributed by atoms with Crippen molar-refractivity contribution in [2.75, 3.05) is 26.9 Å². The molecule has 17 heavy (non-hydrogen) atoms. The van der Waals surface area contributed by atoms with Crippen LogP contribution < -0.4 is 10.1 Å². The maximum absolute atomic E-state index is 6.12. The van der Waals surface area contributed by atoms with Crippen molar-refractivity contribution >= 4 is 11.6 Å². The van der Waals surface area contributed by atoms with Gasteiger partial charge in [-0.15, -0.1) is 0 Å². The maximum Gasteiger partial charge on any atom is 0.137 e. The Morgan fingerprint density at radius 3 is 2.76 bits per heavy atom. The highest BCUT2D eigenvalue weighted by Gasteiger charge is 2.02. The number of ether oxygens (including phenoxy) is 2. The molecule has 1 rings (SSSR count). The molecule has 0 bridgehead atoms. The van der Waals surface area contributed by atoms with E-state index in [9.17, 15) is 0 Å². The van der Waals surface area contributed by atoms with Crippen LogP contribution in [-0.4, -0.2) is 26.9 Å². The highest BCUT2D eigenvalue weighted by Crippen LogP contribution is 2.25. The van der Waals surface area contributed by atoms with Gasteiger partial charge in [0.1, 0.15) is 5.75 Å². The molecule has 0 heterocycles. The minimum absolute atomic E-state index is 0.630. The van der Waals surface area contributed by atoms with E-state index in [0.717, 1.165) is 37.5 Å². The zero-order valence-electron chi connectivity index (χ0n) is 10.5. The topological polar surface area (TPSA) is 30.5 Å². The Morgan fingerprint density at radius 2 is 2.12 bits per heavy atom. The Hall–Kier alpha value is -0.770. The largest absolute Gasteiger partial charge is 0.492 e. The lowest BCUT2D eigenvalue weighted by Gasteiger charge is -2.09. The molecule has 1 N–H and O–H groups in total. The summed E-state index contributed by atoms with van der Waals surface area (Å²) in [5, 5.41) is 3.74. The average molecular weight is 258 g/mol. The van der Waals surface area contributed by atoms with E-state index in [2.05, 4.69) is 5.32 Å². The number of benzene rings is 1. The van der Waals surface area contributed by atoms with Gasteiger partial charge in [0.25, 0.3) is 0 Å². The third kappa shape index (κ3) is 5.39. The Kier molecular flexibility index (Phi) is 7.01. The monoisotopic (exact) mass is 257 g/mol. The summed E-state index contributed by atoms with van der Waals surface area (Å²) in [5.74, 6) is 0.739. The van der Waals surface area contributed by atoms with E-state index in [1.54, 1.807) is 0 Å². The molecule has 0 aromatic heterocycles. The molecule has 1 aromatic rings. The lowest BCUT2D eigenvalue weighted by atomic mass is 10.2. The van der Waals surface area contributed by atoms with Crippen LogP contribution in [0.15, 0.2) is 18.2 Å². The molecule has 0 saturated carbocycles. The van der Waals surface area contributed by atoms with Gasteiger partial charge in [-0.25, -0.2) is 0 Å². The van der Waals surface area contributed by atoms with Gasteiger partial charge in [-0.05, 0) is 31.7 Å². The van der Waals surface area contributed by atoms with Crippen LogP contribution >= 0.6 is 11.6 Å². The molecule has 4 heteroatoms. The summed E-state index contributed by atoms with van der Waals surface area (Å²) in [6, 6.07) is 5.85. The number of hydrogen-bond acceptors (Lipinski definition) is 3. The van der Waals surface area contributed by atoms with Crippen LogP contribution in [0.2, 0.25) is 5.02 Å². The lowest BCUT2D eigenvalue weighted by molar-refractivity contribution is 0.131. The summed E-state index contributed by atoms with van der Waals surface area (Å²) in [6.07, 6.45) is 0.877. The van der Waals surface area contributed by atoms with Gasteiger partial charge in [0, 0.05) is 26.2 Å². The van der Waals surface area contributed by atoms with Gasteiger partial charge in [-0.2, -0.15) is 0 Å². The van der Waals surface area contributed by atoms with Crippen LogP contribution in [0.3, 0.4) is 0 Å². The quantitative estimate of drug-likeness (QED) is 0.727. The molecule has 0 unspecified atom stereocenters. The fraction of sp³-hybridized carbons (Fsp3) is 0.538. The molecule has 0 aliphatic rings. The third-order valence-electron chi connectivity index (χ3n) is 2.27. The molecule has 0 atom stereocenters. The summed E-state index contributed by atoms with van der Waals surface area (Å²) in [4.78, 5) is 0. The minimum atomic E-state index is 0.630. The van der Waals surface area contributed by atoms with E-state index in [1.165, 1.54) is 0 Å². The molecule has 0 saturated heterocycles. The summed E-state index contributed by atoms with van der Waals surface area (Å²) < 4.78 is 10.8. The van der Waals surface area contributed by atoms with Crippen molar-refractivity contribution < 1.29 is 9.47 Å². The SMILES string of the molecule is CCOCCCOc1ccc(CNC)cc1Cl. The van der Waals surface area contributed by atoms with Crippen molar-refractivity contribution in [2.45, 2.75) is 19.9 Å². The first-order valence-corrected chi connectivity index (χ1v) is 6.29. The van der Waals surface area contributed by atoms with Gasteiger partial charge in [0.15, 0.2) is 0 Å². The average Bonchev–Trinajstić information content (AvgIpc) is 2.32. The van der Waals surface area contributed by atoms with Gasteiger partial charge in [-0.3, -0.25) is 0 Å². The van der Waals surface area contributed by atoms with Crippen molar-refractivity contribution in [1.29, 1.82) is 0 Å². The third-order valence-corrected chi connectivity index (χ3v) is 2.57. The predicted octanol–water partition coefficient (Wildman–Crippen LogP) is 2.86. The van der Waals surface area contributed by atoms with Crippen molar-refractivity contribution in [3.63, 3.8) is 0 Å². The van der Waals surface area contributed by atoms with Crippen LogP contribution in [0.4, 0.5) is 0 Å². The molecule has 1 aromatic carbocycles. The molecule has 3 nitrogen and oxygen atoms in total. The smallest absolute Gasteiger partial charge is 0.137 e. The molecule has 0 amide bonds. The van der Waals surface area contributed by atoms with Gasteiger partial charge >= 0.3 is 0 Å². The second-order valence-electron chi connectivity index (χ2n) is 3.69. The van der Waals surface area contributed by atoms with E-state index in [0.29, 0.717) is 11.6 Å². The number of nitrogens with one attached hydrogen (secondary N) is 1. The molecular formula is C13H20ClNO2. The number of halogens is 1. The highest BCUT2D eigenvalue weighted by atomic mass is 35.5. The van der Waals surface area contributed by atoms with Gasteiger partial charge in [0.2, 0.25) is 0 Å². The molecule has 0 fully saturated rings. The second kappa shape index (κ2) is 8.34. The zero-order valence-corrected chi connectivity index (χ0v) is 11.2.